The molecule has 4 aromatic rings. The van der Waals surface area contributed by atoms with Crippen LogP contribution < -0.4 is 9.47 Å². The minimum atomic E-state index is -4.40. The molecule has 5 nitrogen and oxygen atoms in total. The largest absolute Gasteiger partial charge is 0.491 e. The molecule has 41 heavy (non-hydrogen) atoms. The first-order chi connectivity index (χ1) is 19.4. The number of rotatable bonds is 11. The summed E-state index contributed by atoms with van der Waals surface area (Å²) in [7, 11) is 0. The van der Waals surface area contributed by atoms with E-state index in [4.69, 9.17) is 19.6 Å². The molecule has 1 atom stereocenters. The normalized spacial score (nSPS) is 12.4. The lowest BCUT2D eigenvalue weighted by Gasteiger charge is -2.13. The summed E-state index contributed by atoms with van der Waals surface area (Å²) in [4.78, 5) is 18.0. The molecule has 0 fully saturated rings. The molecule has 1 N–H and O–H groups in total. The van der Waals surface area contributed by atoms with E-state index in [2.05, 4.69) is 0 Å². The maximum Gasteiger partial charge on any atom is 0.416 e. The van der Waals surface area contributed by atoms with Crippen molar-refractivity contribution in [3.63, 3.8) is 0 Å². The Morgan fingerprint density at radius 1 is 1.00 bits per heavy atom. The predicted molar refractivity (Wildman–Crippen MR) is 156 cm³/mol. The van der Waals surface area contributed by atoms with Crippen molar-refractivity contribution >= 4 is 29.1 Å². The molecule has 1 heterocycles. The molecule has 3 aromatic carbocycles. The summed E-state index contributed by atoms with van der Waals surface area (Å²) < 4.78 is 50.5. The summed E-state index contributed by atoms with van der Waals surface area (Å²) in [6, 6.07) is 18.5. The number of carboxylic acids is 1. The van der Waals surface area contributed by atoms with Gasteiger partial charge in [0.05, 0.1) is 17.4 Å². The quantitative estimate of drug-likeness (QED) is 0.174. The first kappa shape index (κ1) is 30.5. The maximum atomic E-state index is 13.1. The third-order valence-electron chi connectivity index (χ3n) is 6.07. The van der Waals surface area contributed by atoms with Crippen molar-refractivity contribution in [1.82, 2.24) is 4.98 Å². The average molecular weight is 602 g/mol. The van der Waals surface area contributed by atoms with Gasteiger partial charge in [-0.25, -0.2) is 9.78 Å². The highest BCUT2D eigenvalue weighted by Gasteiger charge is 2.30. The van der Waals surface area contributed by atoms with Crippen LogP contribution in [0.4, 0.5) is 13.2 Å². The van der Waals surface area contributed by atoms with E-state index in [1.54, 1.807) is 17.8 Å². The Morgan fingerprint density at radius 2 is 1.68 bits per heavy atom. The number of halogens is 3. The lowest BCUT2D eigenvalue weighted by Crippen LogP contribution is -2.23. The van der Waals surface area contributed by atoms with Gasteiger partial charge in [-0.1, -0.05) is 24.3 Å². The zero-order valence-corrected chi connectivity index (χ0v) is 24.6. The molecule has 10 heteroatoms. The highest BCUT2D eigenvalue weighted by molar-refractivity contribution is 7.98. The SMILES string of the molecule is Cc1cc(SCc2sc(-c3ccc(C(F)(F)F)cc3)nc2Cc2ccc(OC(C)C)cc2)ccc1OC(C)C(=O)O. The van der Waals surface area contributed by atoms with Crippen LogP contribution in [0, 0.1) is 6.92 Å². The summed E-state index contributed by atoms with van der Waals surface area (Å²) in [5.41, 5.74) is 2.66. The number of aromatic nitrogens is 1. The molecule has 216 valence electrons. The van der Waals surface area contributed by atoms with E-state index < -0.39 is 23.8 Å². The van der Waals surface area contributed by atoms with Crippen molar-refractivity contribution in [1.29, 1.82) is 0 Å². The molecule has 0 amide bonds. The first-order valence-electron chi connectivity index (χ1n) is 12.9. The van der Waals surface area contributed by atoms with E-state index >= 15 is 0 Å². The third kappa shape index (κ3) is 8.27. The van der Waals surface area contributed by atoms with Gasteiger partial charge in [-0.3, -0.25) is 0 Å². The van der Waals surface area contributed by atoms with Gasteiger partial charge in [0.15, 0.2) is 6.10 Å². The van der Waals surface area contributed by atoms with Crippen molar-refractivity contribution in [2.24, 2.45) is 0 Å². The van der Waals surface area contributed by atoms with Crippen molar-refractivity contribution in [2.45, 2.75) is 63.1 Å². The van der Waals surface area contributed by atoms with E-state index in [1.165, 1.54) is 30.4 Å². The summed E-state index contributed by atoms with van der Waals surface area (Å²) >= 11 is 3.07. The van der Waals surface area contributed by atoms with Gasteiger partial charge in [-0.15, -0.1) is 23.1 Å². The Labute approximate surface area is 245 Å². The molecule has 1 unspecified atom stereocenters. The predicted octanol–water partition coefficient (Wildman–Crippen LogP) is 8.66. The number of nitrogens with zero attached hydrogens (tertiary/aromatic N) is 1. The highest BCUT2D eigenvalue weighted by atomic mass is 32.2. The summed E-state index contributed by atoms with van der Waals surface area (Å²) in [5.74, 6) is 0.861. The van der Waals surface area contributed by atoms with Crippen molar-refractivity contribution < 1.29 is 32.5 Å². The standard InChI is InChI=1S/C31H30F3NO4S2/c1-18(2)38-24-11-5-21(6-12-24)16-26-28(41-29(35-26)22-7-9-23(10-8-22)31(32,33)34)17-40-25-13-14-27(19(3)15-25)39-20(4)30(36)37/h5-15,18,20H,16-17H2,1-4H3,(H,36,37). The van der Waals surface area contributed by atoms with Crippen LogP contribution in [0.5, 0.6) is 11.5 Å². The van der Waals surface area contributed by atoms with Gasteiger partial charge in [0.2, 0.25) is 0 Å². The van der Waals surface area contributed by atoms with Crippen LogP contribution in [0.25, 0.3) is 10.6 Å². The van der Waals surface area contributed by atoms with Crippen LogP contribution in [0.3, 0.4) is 0 Å². The molecule has 0 radical (unpaired) electrons. The molecule has 0 aliphatic carbocycles. The smallest absolute Gasteiger partial charge is 0.416 e. The van der Waals surface area contributed by atoms with Crippen molar-refractivity contribution in [3.8, 4) is 22.1 Å². The topological polar surface area (TPSA) is 68.7 Å². The second kappa shape index (κ2) is 13.0. The number of ether oxygens (including phenoxy) is 2. The van der Waals surface area contributed by atoms with Crippen LogP contribution in [-0.2, 0) is 23.1 Å². The number of carboxylic acid groups (broad SMARTS) is 1. The maximum absolute atomic E-state index is 13.1. The van der Waals surface area contributed by atoms with E-state index in [1.807, 2.05) is 57.2 Å². The number of thioether (sulfide) groups is 1. The fraction of sp³-hybridized carbons (Fsp3) is 0.290. The van der Waals surface area contributed by atoms with Crippen molar-refractivity contribution in [2.75, 3.05) is 0 Å². The molecular formula is C31H30F3NO4S2. The van der Waals surface area contributed by atoms with Gasteiger partial charge < -0.3 is 14.6 Å². The Hall–Kier alpha value is -3.50. The van der Waals surface area contributed by atoms with Crippen molar-refractivity contribution in [3.05, 3.63) is 94.0 Å². The molecule has 0 saturated heterocycles. The molecule has 4 rings (SSSR count). The highest BCUT2D eigenvalue weighted by Crippen LogP contribution is 2.37. The van der Waals surface area contributed by atoms with E-state index in [0.29, 0.717) is 28.5 Å². The fourth-order valence-electron chi connectivity index (χ4n) is 3.94. The second-order valence-electron chi connectivity index (χ2n) is 9.77. The Morgan fingerprint density at radius 3 is 2.27 bits per heavy atom. The summed E-state index contributed by atoms with van der Waals surface area (Å²) in [6.45, 7) is 7.28. The van der Waals surface area contributed by atoms with Crippen LogP contribution in [0.2, 0.25) is 0 Å². The molecule has 1 aromatic heterocycles. The van der Waals surface area contributed by atoms with E-state index in [0.717, 1.165) is 44.5 Å². The van der Waals surface area contributed by atoms with Crippen LogP contribution in [0.1, 0.15) is 48.0 Å². The number of hydrogen-bond donors (Lipinski definition) is 1. The monoisotopic (exact) mass is 601 g/mol. The zero-order chi connectivity index (χ0) is 29.7. The number of alkyl halides is 3. The summed E-state index contributed by atoms with van der Waals surface area (Å²) in [5, 5.41) is 9.78. The Bertz CT molecular complexity index is 1480. The molecule has 0 aliphatic heterocycles. The number of hydrogen-bond acceptors (Lipinski definition) is 6. The van der Waals surface area contributed by atoms with E-state index in [9.17, 15) is 18.0 Å². The van der Waals surface area contributed by atoms with Gasteiger partial charge in [0.1, 0.15) is 16.5 Å². The van der Waals surface area contributed by atoms with E-state index in [-0.39, 0.29) is 6.10 Å². The number of thiazole rings is 1. The van der Waals surface area contributed by atoms with Gasteiger partial charge in [-0.2, -0.15) is 13.2 Å². The van der Waals surface area contributed by atoms with Gasteiger partial charge in [-0.05, 0) is 81.3 Å². The fourth-order valence-corrected chi connectivity index (χ4v) is 6.12. The number of carbonyl (C=O) groups is 1. The van der Waals surface area contributed by atoms with Crippen LogP contribution in [-0.4, -0.2) is 28.3 Å². The number of aliphatic carboxylic acids is 1. The lowest BCUT2D eigenvalue weighted by atomic mass is 10.1. The second-order valence-corrected chi connectivity index (χ2v) is 11.9. The lowest BCUT2D eigenvalue weighted by molar-refractivity contribution is -0.144. The van der Waals surface area contributed by atoms with Gasteiger partial charge >= 0.3 is 12.1 Å². The van der Waals surface area contributed by atoms with Crippen LogP contribution >= 0.6 is 23.1 Å². The third-order valence-corrected chi connectivity index (χ3v) is 8.42. The Kier molecular flexibility index (Phi) is 9.65. The molecule has 0 saturated carbocycles. The molecular weight excluding hydrogens is 571 g/mol. The van der Waals surface area contributed by atoms with Gasteiger partial charge in [0, 0.05) is 27.5 Å². The summed E-state index contributed by atoms with van der Waals surface area (Å²) in [6.07, 6.45) is -4.72. The Balaban J connectivity index is 1.57. The van der Waals surface area contributed by atoms with Crippen LogP contribution in [0.15, 0.2) is 71.6 Å². The number of benzene rings is 3. The first-order valence-corrected chi connectivity index (χ1v) is 14.7. The molecule has 0 bridgehead atoms. The zero-order valence-electron chi connectivity index (χ0n) is 23.0. The molecule has 0 aliphatic rings. The minimum Gasteiger partial charge on any atom is -0.491 e. The molecule has 0 spiro atoms. The average Bonchev–Trinajstić information content (AvgIpc) is 3.31. The minimum absolute atomic E-state index is 0.0687. The van der Waals surface area contributed by atoms with Gasteiger partial charge in [0.25, 0.3) is 0 Å². The number of aryl methyl sites for hydroxylation is 1.